The van der Waals surface area contributed by atoms with Crippen molar-refractivity contribution in [2.45, 2.75) is 26.7 Å². The van der Waals surface area contributed by atoms with Gasteiger partial charge in [0.25, 0.3) is 5.91 Å². The van der Waals surface area contributed by atoms with Crippen LogP contribution in [0.5, 0.6) is 0 Å². The average Bonchev–Trinajstić information content (AvgIpc) is 2.99. The Kier molecular flexibility index (Phi) is 5.69. The van der Waals surface area contributed by atoms with Gasteiger partial charge in [0, 0.05) is 19.2 Å². The van der Waals surface area contributed by atoms with Crippen molar-refractivity contribution in [2.24, 2.45) is 7.05 Å². The first kappa shape index (κ1) is 18.8. The molecule has 1 heterocycles. The molecule has 3 rings (SSSR count). The molecule has 3 aromatic rings. The summed E-state index contributed by atoms with van der Waals surface area (Å²) in [6.45, 7) is 4.39. The molecule has 1 aromatic heterocycles. The molecule has 0 aliphatic heterocycles. The molecule has 1 N–H and O–H groups in total. The molecule has 0 atom stereocenters. The van der Waals surface area contributed by atoms with Gasteiger partial charge in [0.1, 0.15) is 11.5 Å². The van der Waals surface area contributed by atoms with Gasteiger partial charge in [0.2, 0.25) is 0 Å². The van der Waals surface area contributed by atoms with Crippen LogP contribution in [0.2, 0.25) is 0 Å². The lowest BCUT2D eigenvalue weighted by Crippen LogP contribution is -2.26. The summed E-state index contributed by atoms with van der Waals surface area (Å²) in [4.78, 5) is 12.2. The number of hydrogen-bond donors (Lipinski definition) is 1. The van der Waals surface area contributed by atoms with E-state index in [1.807, 2.05) is 44.2 Å². The van der Waals surface area contributed by atoms with Crippen molar-refractivity contribution in [3.8, 4) is 11.1 Å². The molecule has 5 heteroatoms. The molecule has 0 saturated heterocycles. The molecule has 2 aromatic carbocycles. The standard InChI is InChI=1S/C22H24FN3O/c1-15-9-10-20(23)19(12-15)18-8-4-6-17(14-18)7-5-11-24-22(27)21-13-16(2)25-26(21)3/h4,6,8-10,12-14H,5,7,11H2,1-3H3,(H,24,27). The molecule has 0 spiro atoms. The number of hydrogen-bond acceptors (Lipinski definition) is 2. The largest absolute Gasteiger partial charge is 0.351 e. The van der Waals surface area contributed by atoms with Gasteiger partial charge in [0.05, 0.1) is 5.69 Å². The van der Waals surface area contributed by atoms with E-state index in [4.69, 9.17) is 0 Å². The second-order valence-electron chi connectivity index (χ2n) is 6.84. The lowest BCUT2D eigenvalue weighted by atomic mass is 9.99. The normalized spacial score (nSPS) is 10.8. The molecule has 27 heavy (non-hydrogen) atoms. The van der Waals surface area contributed by atoms with Crippen molar-refractivity contribution < 1.29 is 9.18 Å². The zero-order chi connectivity index (χ0) is 19.4. The number of carbonyl (C=O) groups excluding carboxylic acids is 1. The molecule has 140 valence electrons. The fraction of sp³-hybridized carbons (Fsp3) is 0.273. The summed E-state index contributed by atoms with van der Waals surface area (Å²) in [5.41, 5.74) is 5.04. The van der Waals surface area contributed by atoms with E-state index in [0.717, 1.165) is 35.2 Å². The number of nitrogens with zero attached hydrogens (tertiary/aromatic N) is 2. The van der Waals surface area contributed by atoms with Crippen molar-refractivity contribution in [2.75, 3.05) is 6.54 Å². The summed E-state index contributed by atoms with van der Waals surface area (Å²) in [6, 6.07) is 14.8. The van der Waals surface area contributed by atoms with Crippen LogP contribution in [0.3, 0.4) is 0 Å². The van der Waals surface area contributed by atoms with Gasteiger partial charge in [-0.2, -0.15) is 5.10 Å². The Morgan fingerprint density at radius 1 is 1.15 bits per heavy atom. The van der Waals surface area contributed by atoms with Crippen LogP contribution < -0.4 is 5.32 Å². The van der Waals surface area contributed by atoms with Gasteiger partial charge < -0.3 is 5.32 Å². The maximum atomic E-state index is 14.1. The van der Waals surface area contributed by atoms with Crippen LogP contribution in [0.4, 0.5) is 4.39 Å². The highest BCUT2D eigenvalue weighted by Gasteiger charge is 2.11. The third kappa shape index (κ3) is 4.61. The minimum Gasteiger partial charge on any atom is -0.351 e. The quantitative estimate of drug-likeness (QED) is 0.665. The number of benzene rings is 2. The van der Waals surface area contributed by atoms with Gasteiger partial charge >= 0.3 is 0 Å². The van der Waals surface area contributed by atoms with Gasteiger partial charge in [0.15, 0.2) is 0 Å². The molecule has 0 aliphatic rings. The summed E-state index contributed by atoms with van der Waals surface area (Å²) >= 11 is 0. The van der Waals surface area contributed by atoms with Crippen molar-refractivity contribution in [3.63, 3.8) is 0 Å². The molecule has 0 unspecified atom stereocenters. The van der Waals surface area contributed by atoms with E-state index in [1.54, 1.807) is 23.9 Å². The molecular formula is C22H24FN3O. The van der Waals surface area contributed by atoms with Gasteiger partial charge in [-0.05, 0) is 56.0 Å². The van der Waals surface area contributed by atoms with Crippen LogP contribution in [0, 0.1) is 19.7 Å². The first-order valence-corrected chi connectivity index (χ1v) is 9.08. The number of aromatic nitrogens is 2. The summed E-state index contributed by atoms with van der Waals surface area (Å²) in [5, 5.41) is 7.11. The lowest BCUT2D eigenvalue weighted by molar-refractivity contribution is 0.0944. The highest BCUT2D eigenvalue weighted by molar-refractivity contribution is 5.92. The molecular weight excluding hydrogens is 341 g/mol. The number of nitrogens with one attached hydrogen (secondary N) is 1. The fourth-order valence-corrected chi connectivity index (χ4v) is 3.16. The van der Waals surface area contributed by atoms with E-state index in [-0.39, 0.29) is 11.7 Å². The zero-order valence-corrected chi connectivity index (χ0v) is 15.9. The second-order valence-corrected chi connectivity index (χ2v) is 6.84. The summed E-state index contributed by atoms with van der Waals surface area (Å²) < 4.78 is 15.7. The number of amides is 1. The minimum atomic E-state index is -0.212. The highest BCUT2D eigenvalue weighted by atomic mass is 19.1. The second kappa shape index (κ2) is 8.16. The third-order valence-corrected chi connectivity index (χ3v) is 4.52. The number of carbonyl (C=O) groups is 1. The van der Waals surface area contributed by atoms with E-state index in [9.17, 15) is 9.18 Å². The Morgan fingerprint density at radius 2 is 1.96 bits per heavy atom. The molecule has 0 radical (unpaired) electrons. The van der Waals surface area contributed by atoms with Crippen LogP contribution in [0.15, 0.2) is 48.5 Å². The molecule has 0 fully saturated rings. The fourth-order valence-electron chi connectivity index (χ4n) is 3.16. The summed E-state index contributed by atoms with van der Waals surface area (Å²) in [6.07, 6.45) is 1.62. The van der Waals surface area contributed by atoms with Crippen LogP contribution in [0.1, 0.15) is 33.7 Å². The first-order chi connectivity index (χ1) is 12.9. The van der Waals surface area contributed by atoms with Gasteiger partial charge in [-0.1, -0.05) is 35.9 Å². The van der Waals surface area contributed by atoms with Crippen LogP contribution >= 0.6 is 0 Å². The van der Waals surface area contributed by atoms with Crippen LogP contribution in [-0.4, -0.2) is 22.2 Å². The minimum absolute atomic E-state index is 0.117. The Hall–Kier alpha value is -2.95. The predicted octanol–water partition coefficient (Wildman–Crippen LogP) is 4.21. The van der Waals surface area contributed by atoms with E-state index >= 15 is 0 Å². The Labute approximate surface area is 159 Å². The molecule has 4 nitrogen and oxygen atoms in total. The summed E-state index contributed by atoms with van der Waals surface area (Å²) in [7, 11) is 1.76. The maximum absolute atomic E-state index is 14.1. The Bertz CT molecular complexity index is 962. The topological polar surface area (TPSA) is 46.9 Å². The monoisotopic (exact) mass is 365 g/mol. The molecule has 0 aliphatic carbocycles. The highest BCUT2D eigenvalue weighted by Crippen LogP contribution is 2.25. The van der Waals surface area contributed by atoms with E-state index < -0.39 is 0 Å². The van der Waals surface area contributed by atoms with Crippen LogP contribution in [0.25, 0.3) is 11.1 Å². The van der Waals surface area contributed by atoms with Crippen molar-refractivity contribution in [3.05, 3.63) is 76.9 Å². The number of halogens is 1. The Balaban J connectivity index is 1.58. The van der Waals surface area contributed by atoms with Gasteiger partial charge in [-0.25, -0.2) is 4.39 Å². The van der Waals surface area contributed by atoms with E-state index in [0.29, 0.717) is 17.8 Å². The lowest BCUT2D eigenvalue weighted by Gasteiger charge is -2.09. The number of aryl methyl sites for hydroxylation is 4. The summed E-state index contributed by atoms with van der Waals surface area (Å²) in [5.74, 6) is -0.329. The van der Waals surface area contributed by atoms with Crippen LogP contribution in [-0.2, 0) is 13.5 Å². The molecule has 0 saturated carbocycles. The maximum Gasteiger partial charge on any atom is 0.269 e. The van der Waals surface area contributed by atoms with Crippen molar-refractivity contribution in [1.82, 2.24) is 15.1 Å². The number of rotatable bonds is 6. The van der Waals surface area contributed by atoms with Gasteiger partial charge in [-0.15, -0.1) is 0 Å². The zero-order valence-electron chi connectivity index (χ0n) is 15.9. The Morgan fingerprint density at radius 3 is 2.70 bits per heavy atom. The van der Waals surface area contributed by atoms with Gasteiger partial charge in [-0.3, -0.25) is 9.48 Å². The van der Waals surface area contributed by atoms with Crippen molar-refractivity contribution >= 4 is 5.91 Å². The smallest absolute Gasteiger partial charge is 0.269 e. The van der Waals surface area contributed by atoms with E-state index in [2.05, 4.69) is 10.4 Å². The molecule has 0 bridgehead atoms. The first-order valence-electron chi connectivity index (χ1n) is 9.08. The third-order valence-electron chi connectivity index (χ3n) is 4.52. The SMILES string of the molecule is Cc1ccc(F)c(-c2cccc(CCCNC(=O)c3cc(C)nn3C)c2)c1. The van der Waals surface area contributed by atoms with Crippen molar-refractivity contribution in [1.29, 1.82) is 0 Å². The molecule has 1 amide bonds. The average molecular weight is 365 g/mol. The van der Waals surface area contributed by atoms with E-state index in [1.165, 1.54) is 6.07 Å². The predicted molar refractivity (Wildman–Crippen MR) is 105 cm³/mol.